The Labute approximate surface area is 207 Å². The molecule has 2 aromatic rings. The van der Waals surface area contributed by atoms with Crippen LogP contribution in [0.25, 0.3) is 0 Å². The number of carbonyl (C=O) groups excluding carboxylic acids is 2. The van der Waals surface area contributed by atoms with E-state index >= 15 is 0 Å². The van der Waals surface area contributed by atoms with Crippen LogP contribution in [0, 0.1) is 0 Å². The van der Waals surface area contributed by atoms with E-state index in [1.54, 1.807) is 17.9 Å². The second-order valence-electron chi connectivity index (χ2n) is 7.39. The summed E-state index contributed by atoms with van der Waals surface area (Å²) in [6, 6.07) is 12.7. The molecule has 0 heterocycles. The van der Waals surface area contributed by atoms with Gasteiger partial charge in [-0.1, -0.05) is 64.3 Å². The Hall–Kier alpha value is -1.21. The molecule has 0 saturated carbocycles. The van der Waals surface area contributed by atoms with Crippen LogP contribution in [0.15, 0.2) is 46.9 Å². The molecule has 8 heteroatoms. The van der Waals surface area contributed by atoms with Crippen molar-refractivity contribution in [2.24, 2.45) is 0 Å². The van der Waals surface area contributed by atoms with Crippen LogP contribution in [0.2, 0.25) is 10.0 Å². The summed E-state index contributed by atoms with van der Waals surface area (Å²) >= 11 is 17.0. The fourth-order valence-electron chi connectivity index (χ4n) is 2.85. The predicted octanol–water partition coefficient (Wildman–Crippen LogP) is 6.32. The van der Waals surface area contributed by atoms with Crippen LogP contribution in [0.4, 0.5) is 0 Å². The van der Waals surface area contributed by atoms with Crippen molar-refractivity contribution in [2.75, 3.05) is 5.75 Å². The highest BCUT2D eigenvalue weighted by Crippen LogP contribution is 2.25. The van der Waals surface area contributed by atoms with E-state index in [2.05, 4.69) is 21.2 Å². The Morgan fingerprint density at radius 3 is 2.48 bits per heavy atom. The summed E-state index contributed by atoms with van der Waals surface area (Å²) in [4.78, 5) is 27.5. The number of hydrogen-bond acceptors (Lipinski definition) is 3. The molecule has 0 radical (unpaired) electrons. The van der Waals surface area contributed by atoms with Gasteiger partial charge in [0.05, 0.1) is 15.8 Å². The molecule has 2 unspecified atom stereocenters. The number of benzene rings is 2. The Balaban J connectivity index is 2.08. The zero-order chi connectivity index (χ0) is 23.0. The number of carbonyl (C=O) groups is 2. The molecule has 2 atom stereocenters. The molecule has 31 heavy (non-hydrogen) atoms. The van der Waals surface area contributed by atoms with Gasteiger partial charge in [0.25, 0.3) is 0 Å². The highest BCUT2D eigenvalue weighted by Gasteiger charge is 2.26. The number of nitrogens with one attached hydrogen (secondary N) is 1. The quantitative estimate of drug-likeness (QED) is 0.380. The first-order chi connectivity index (χ1) is 14.7. The monoisotopic (exact) mass is 544 g/mol. The van der Waals surface area contributed by atoms with E-state index in [9.17, 15) is 9.59 Å². The third-order valence-electron chi connectivity index (χ3n) is 4.89. The molecular formula is C23H27BrCl2N2O2S. The summed E-state index contributed by atoms with van der Waals surface area (Å²) in [5.41, 5.74) is 1.95. The van der Waals surface area contributed by atoms with Crippen molar-refractivity contribution >= 4 is 62.7 Å². The number of halogens is 3. The Morgan fingerprint density at radius 1 is 1.10 bits per heavy atom. The van der Waals surface area contributed by atoms with Gasteiger partial charge in [0.1, 0.15) is 6.04 Å². The molecule has 0 saturated heterocycles. The number of amides is 2. The summed E-state index contributed by atoms with van der Waals surface area (Å²) in [5, 5.41) is 3.98. The largest absolute Gasteiger partial charge is 0.352 e. The maximum absolute atomic E-state index is 13.1. The van der Waals surface area contributed by atoms with Crippen LogP contribution in [-0.4, -0.2) is 34.6 Å². The molecule has 168 valence electrons. The fraction of sp³-hybridized carbons (Fsp3) is 0.391. The van der Waals surface area contributed by atoms with Gasteiger partial charge in [0.2, 0.25) is 11.8 Å². The number of hydrogen-bond donors (Lipinski definition) is 1. The average molecular weight is 546 g/mol. The van der Waals surface area contributed by atoms with Gasteiger partial charge in [-0.15, -0.1) is 11.8 Å². The molecular weight excluding hydrogens is 519 g/mol. The van der Waals surface area contributed by atoms with Crippen LogP contribution in [-0.2, 0) is 21.9 Å². The predicted molar refractivity (Wildman–Crippen MR) is 135 cm³/mol. The summed E-state index contributed by atoms with van der Waals surface area (Å²) in [6.07, 6.45) is 0.831. The van der Waals surface area contributed by atoms with Gasteiger partial charge in [0.15, 0.2) is 0 Å². The van der Waals surface area contributed by atoms with Crippen molar-refractivity contribution in [1.82, 2.24) is 10.2 Å². The fourth-order valence-corrected chi connectivity index (χ4v) is 4.47. The highest BCUT2D eigenvalue weighted by molar-refractivity contribution is 9.10. The van der Waals surface area contributed by atoms with Crippen molar-refractivity contribution in [3.63, 3.8) is 0 Å². The van der Waals surface area contributed by atoms with Gasteiger partial charge in [-0.3, -0.25) is 9.59 Å². The molecule has 2 aromatic carbocycles. The molecule has 0 bridgehead atoms. The lowest BCUT2D eigenvalue weighted by atomic mass is 10.1. The summed E-state index contributed by atoms with van der Waals surface area (Å²) < 4.78 is 0.933. The first-order valence-corrected chi connectivity index (χ1v) is 12.8. The van der Waals surface area contributed by atoms with Gasteiger partial charge < -0.3 is 10.2 Å². The maximum atomic E-state index is 13.1. The minimum atomic E-state index is -0.578. The van der Waals surface area contributed by atoms with E-state index in [0.29, 0.717) is 22.3 Å². The van der Waals surface area contributed by atoms with E-state index in [4.69, 9.17) is 23.2 Å². The van der Waals surface area contributed by atoms with Crippen molar-refractivity contribution < 1.29 is 9.59 Å². The number of rotatable bonds is 10. The molecule has 0 aliphatic heterocycles. The van der Waals surface area contributed by atoms with Crippen molar-refractivity contribution in [3.8, 4) is 0 Å². The molecule has 4 nitrogen and oxygen atoms in total. The molecule has 1 N–H and O–H groups in total. The maximum Gasteiger partial charge on any atom is 0.242 e. The zero-order valence-electron chi connectivity index (χ0n) is 17.8. The zero-order valence-corrected chi connectivity index (χ0v) is 21.7. The third kappa shape index (κ3) is 8.33. The van der Waals surface area contributed by atoms with Gasteiger partial charge >= 0.3 is 0 Å². The van der Waals surface area contributed by atoms with E-state index in [1.807, 2.05) is 50.2 Å². The minimum absolute atomic E-state index is 0.0572. The Bertz CT molecular complexity index is 913. The standard InChI is InChI=1S/C23H27BrCl2N2O2S/c1-4-15(2)27-23(30)16(3)28(12-17-6-5-7-19(24)10-17)22(29)14-31-13-18-8-9-20(25)21(26)11-18/h5-11,15-16H,4,12-14H2,1-3H3,(H,27,30). The Morgan fingerprint density at radius 2 is 1.84 bits per heavy atom. The second-order valence-corrected chi connectivity index (χ2v) is 10.1. The van der Waals surface area contributed by atoms with Crippen LogP contribution >= 0.6 is 50.9 Å². The first-order valence-electron chi connectivity index (χ1n) is 10.1. The van der Waals surface area contributed by atoms with Crippen LogP contribution < -0.4 is 5.32 Å². The van der Waals surface area contributed by atoms with Crippen LogP contribution in [0.1, 0.15) is 38.3 Å². The molecule has 0 aliphatic rings. The van der Waals surface area contributed by atoms with E-state index in [0.717, 1.165) is 22.0 Å². The van der Waals surface area contributed by atoms with Crippen molar-refractivity contribution in [2.45, 2.75) is 51.6 Å². The minimum Gasteiger partial charge on any atom is -0.352 e. The van der Waals surface area contributed by atoms with E-state index < -0.39 is 6.04 Å². The van der Waals surface area contributed by atoms with Crippen molar-refractivity contribution in [3.05, 3.63) is 68.1 Å². The normalized spacial score (nSPS) is 12.8. The number of thioether (sulfide) groups is 1. The first kappa shape index (κ1) is 26.0. The highest BCUT2D eigenvalue weighted by atomic mass is 79.9. The van der Waals surface area contributed by atoms with Crippen molar-refractivity contribution in [1.29, 1.82) is 0 Å². The average Bonchev–Trinajstić information content (AvgIpc) is 2.73. The summed E-state index contributed by atoms with van der Waals surface area (Å²) in [5.74, 6) is 0.653. The summed E-state index contributed by atoms with van der Waals surface area (Å²) in [7, 11) is 0. The topological polar surface area (TPSA) is 49.4 Å². The third-order valence-corrected chi connectivity index (χ3v) is 7.11. The van der Waals surface area contributed by atoms with Gasteiger partial charge in [-0.05, 0) is 55.7 Å². The summed E-state index contributed by atoms with van der Waals surface area (Å²) in [6.45, 7) is 6.11. The van der Waals surface area contributed by atoms with Gasteiger partial charge in [0, 0.05) is 22.8 Å². The van der Waals surface area contributed by atoms with Crippen LogP contribution in [0.3, 0.4) is 0 Å². The molecule has 2 amide bonds. The second kappa shape index (κ2) is 12.7. The van der Waals surface area contributed by atoms with Crippen LogP contribution in [0.5, 0.6) is 0 Å². The molecule has 0 fully saturated rings. The molecule has 2 rings (SSSR count). The molecule has 0 aromatic heterocycles. The molecule has 0 aliphatic carbocycles. The smallest absolute Gasteiger partial charge is 0.242 e. The van der Waals surface area contributed by atoms with Gasteiger partial charge in [-0.2, -0.15) is 0 Å². The lowest BCUT2D eigenvalue weighted by Crippen LogP contribution is -2.50. The number of nitrogens with zero attached hydrogens (tertiary/aromatic N) is 1. The van der Waals surface area contributed by atoms with E-state index in [-0.39, 0.29) is 23.6 Å². The Kier molecular flexibility index (Phi) is 10.7. The SMILES string of the molecule is CCC(C)NC(=O)C(C)N(Cc1cccc(Br)c1)C(=O)CSCc1ccc(Cl)c(Cl)c1. The van der Waals surface area contributed by atoms with E-state index in [1.165, 1.54) is 11.8 Å². The lowest BCUT2D eigenvalue weighted by Gasteiger charge is -2.29. The lowest BCUT2D eigenvalue weighted by molar-refractivity contribution is -0.138. The molecule has 0 spiro atoms. The van der Waals surface area contributed by atoms with Gasteiger partial charge in [-0.25, -0.2) is 0 Å².